The molecule has 0 atom stereocenters. The molecule has 0 saturated carbocycles. The Labute approximate surface area is 170 Å². The summed E-state index contributed by atoms with van der Waals surface area (Å²) in [6.07, 6.45) is 3.56. The van der Waals surface area contributed by atoms with E-state index in [9.17, 15) is 5.21 Å². The molecule has 4 nitrogen and oxygen atoms in total. The second kappa shape index (κ2) is 8.07. The minimum absolute atomic E-state index is 0.471. The van der Waals surface area contributed by atoms with Crippen LogP contribution in [0.4, 0.5) is 0 Å². The van der Waals surface area contributed by atoms with E-state index in [4.69, 9.17) is 0 Å². The Balaban J connectivity index is 1.99. The summed E-state index contributed by atoms with van der Waals surface area (Å²) in [4.78, 5) is 9.25. The summed E-state index contributed by atoms with van der Waals surface area (Å²) in [5.41, 5.74) is 7.53. The first-order valence-electron chi connectivity index (χ1n) is 9.45. The molecule has 29 heavy (non-hydrogen) atoms. The van der Waals surface area contributed by atoms with Gasteiger partial charge in [-0.1, -0.05) is 65.8 Å². The standard InChI is InChI=1S/C25H21N3O/c1-17-13-15-26-23(19-9-5-3-6-10-19)21(17)25(28-29)22-18(2)14-16-27-24(22)20-11-7-4-8-12-20/h3-16,29H,1-2H3. The zero-order valence-corrected chi connectivity index (χ0v) is 16.4. The van der Waals surface area contributed by atoms with E-state index in [1.807, 2.05) is 86.6 Å². The SMILES string of the molecule is Cc1ccnc(-c2ccccc2)c1C(=NO)c1c(C)ccnc1-c1ccccc1. The number of oxime groups is 1. The molecule has 142 valence electrons. The van der Waals surface area contributed by atoms with Crippen LogP contribution in [0.5, 0.6) is 0 Å². The molecule has 0 aliphatic heterocycles. The first-order valence-corrected chi connectivity index (χ1v) is 9.45. The van der Waals surface area contributed by atoms with Crippen LogP contribution in [0.25, 0.3) is 22.5 Å². The van der Waals surface area contributed by atoms with Crippen molar-refractivity contribution in [2.75, 3.05) is 0 Å². The molecule has 0 aliphatic rings. The molecule has 2 heterocycles. The Morgan fingerprint density at radius 1 is 0.655 bits per heavy atom. The fourth-order valence-electron chi connectivity index (χ4n) is 3.57. The van der Waals surface area contributed by atoms with Crippen molar-refractivity contribution in [2.45, 2.75) is 13.8 Å². The molecule has 0 unspecified atom stereocenters. The Morgan fingerprint density at radius 3 is 1.45 bits per heavy atom. The molecule has 0 spiro atoms. The van der Waals surface area contributed by atoms with Crippen LogP contribution in [0.15, 0.2) is 90.3 Å². The van der Waals surface area contributed by atoms with E-state index in [-0.39, 0.29) is 0 Å². The van der Waals surface area contributed by atoms with Crippen molar-refractivity contribution < 1.29 is 5.21 Å². The van der Waals surface area contributed by atoms with E-state index in [1.165, 1.54) is 0 Å². The molecule has 2 aromatic carbocycles. The predicted octanol–water partition coefficient (Wildman–Crippen LogP) is 5.65. The fourth-order valence-corrected chi connectivity index (χ4v) is 3.57. The quantitative estimate of drug-likeness (QED) is 0.283. The molecule has 4 heteroatoms. The van der Waals surface area contributed by atoms with Crippen LogP contribution in [0.2, 0.25) is 0 Å². The van der Waals surface area contributed by atoms with Gasteiger partial charge in [-0.2, -0.15) is 0 Å². The monoisotopic (exact) mass is 379 g/mol. The van der Waals surface area contributed by atoms with Gasteiger partial charge in [0, 0.05) is 34.6 Å². The molecular formula is C25H21N3O. The van der Waals surface area contributed by atoms with Gasteiger partial charge >= 0.3 is 0 Å². The first kappa shape index (κ1) is 18.6. The molecular weight excluding hydrogens is 358 g/mol. The van der Waals surface area contributed by atoms with E-state index < -0.39 is 0 Å². The summed E-state index contributed by atoms with van der Waals surface area (Å²) in [5.74, 6) is 0. The second-order valence-corrected chi connectivity index (χ2v) is 6.88. The molecule has 0 bridgehead atoms. The van der Waals surface area contributed by atoms with Gasteiger partial charge in [-0.3, -0.25) is 9.97 Å². The Morgan fingerprint density at radius 2 is 1.07 bits per heavy atom. The molecule has 4 rings (SSSR count). The van der Waals surface area contributed by atoms with Crippen molar-refractivity contribution >= 4 is 5.71 Å². The zero-order chi connectivity index (χ0) is 20.2. The molecule has 0 amide bonds. The van der Waals surface area contributed by atoms with Gasteiger partial charge in [0.15, 0.2) is 0 Å². The lowest BCUT2D eigenvalue weighted by Crippen LogP contribution is -2.13. The molecule has 0 radical (unpaired) electrons. The highest BCUT2D eigenvalue weighted by Gasteiger charge is 2.23. The smallest absolute Gasteiger partial charge is 0.122 e. The summed E-state index contributed by atoms with van der Waals surface area (Å²) in [6, 6.07) is 23.7. The summed E-state index contributed by atoms with van der Waals surface area (Å²) in [5, 5.41) is 13.9. The van der Waals surface area contributed by atoms with Gasteiger partial charge < -0.3 is 5.21 Å². The summed E-state index contributed by atoms with van der Waals surface area (Å²) >= 11 is 0. The van der Waals surface area contributed by atoms with Crippen molar-refractivity contribution in [3.63, 3.8) is 0 Å². The maximum Gasteiger partial charge on any atom is 0.122 e. The van der Waals surface area contributed by atoms with Crippen LogP contribution in [0.1, 0.15) is 22.3 Å². The molecule has 0 aliphatic carbocycles. The molecule has 1 N–H and O–H groups in total. The summed E-state index contributed by atoms with van der Waals surface area (Å²) in [7, 11) is 0. The van der Waals surface area contributed by atoms with E-state index >= 15 is 0 Å². The topological polar surface area (TPSA) is 58.4 Å². The Kier molecular flexibility index (Phi) is 5.16. The third-order valence-electron chi connectivity index (χ3n) is 4.99. The average molecular weight is 379 g/mol. The maximum absolute atomic E-state index is 10.2. The third-order valence-corrected chi connectivity index (χ3v) is 4.99. The van der Waals surface area contributed by atoms with Crippen LogP contribution in [-0.2, 0) is 0 Å². The van der Waals surface area contributed by atoms with Gasteiger partial charge in [0.1, 0.15) is 5.71 Å². The van der Waals surface area contributed by atoms with Crippen molar-refractivity contribution in [3.05, 3.63) is 107 Å². The van der Waals surface area contributed by atoms with E-state index in [2.05, 4.69) is 15.1 Å². The van der Waals surface area contributed by atoms with E-state index in [1.54, 1.807) is 12.4 Å². The lowest BCUT2D eigenvalue weighted by molar-refractivity contribution is 0.319. The second-order valence-electron chi connectivity index (χ2n) is 6.88. The Hall–Kier alpha value is -3.79. The maximum atomic E-state index is 10.2. The average Bonchev–Trinajstić information content (AvgIpc) is 2.77. The van der Waals surface area contributed by atoms with Crippen LogP contribution < -0.4 is 0 Å². The van der Waals surface area contributed by atoms with E-state index in [0.29, 0.717) is 5.71 Å². The van der Waals surface area contributed by atoms with Gasteiger partial charge in [-0.15, -0.1) is 0 Å². The number of pyridine rings is 2. The predicted molar refractivity (Wildman–Crippen MR) is 116 cm³/mol. The number of hydrogen-bond donors (Lipinski definition) is 1. The Bertz CT molecular complexity index is 1080. The van der Waals surface area contributed by atoms with Gasteiger partial charge in [0.2, 0.25) is 0 Å². The number of rotatable bonds is 4. The number of nitrogens with zero attached hydrogens (tertiary/aromatic N) is 3. The lowest BCUT2D eigenvalue weighted by atomic mass is 9.89. The first-order chi connectivity index (χ1) is 14.2. The highest BCUT2D eigenvalue weighted by Crippen LogP contribution is 2.31. The van der Waals surface area contributed by atoms with Crippen molar-refractivity contribution in [1.82, 2.24) is 9.97 Å². The largest absolute Gasteiger partial charge is 0.410 e. The van der Waals surface area contributed by atoms with Gasteiger partial charge in [0.05, 0.1) is 11.4 Å². The van der Waals surface area contributed by atoms with Crippen molar-refractivity contribution in [3.8, 4) is 22.5 Å². The van der Waals surface area contributed by atoms with E-state index in [0.717, 1.165) is 44.8 Å². The summed E-state index contributed by atoms with van der Waals surface area (Å²) in [6.45, 7) is 4.01. The zero-order valence-electron chi connectivity index (χ0n) is 16.4. The van der Waals surface area contributed by atoms with Crippen LogP contribution in [-0.4, -0.2) is 20.9 Å². The van der Waals surface area contributed by atoms with Crippen LogP contribution in [0, 0.1) is 13.8 Å². The highest BCUT2D eigenvalue weighted by molar-refractivity contribution is 6.19. The van der Waals surface area contributed by atoms with Gasteiger partial charge in [-0.25, -0.2) is 0 Å². The molecule has 4 aromatic rings. The molecule has 0 fully saturated rings. The highest BCUT2D eigenvalue weighted by atomic mass is 16.4. The van der Waals surface area contributed by atoms with Gasteiger partial charge in [0.25, 0.3) is 0 Å². The molecule has 0 saturated heterocycles. The minimum Gasteiger partial charge on any atom is -0.410 e. The lowest BCUT2D eigenvalue weighted by Gasteiger charge is -2.17. The molecule has 2 aromatic heterocycles. The van der Waals surface area contributed by atoms with Gasteiger partial charge in [-0.05, 0) is 37.1 Å². The van der Waals surface area contributed by atoms with Crippen LogP contribution >= 0.6 is 0 Å². The normalized spacial score (nSPS) is 10.6. The number of aromatic nitrogens is 2. The number of benzene rings is 2. The fraction of sp³-hybridized carbons (Fsp3) is 0.0800. The minimum atomic E-state index is 0.471. The summed E-state index contributed by atoms with van der Waals surface area (Å²) < 4.78 is 0. The van der Waals surface area contributed by atoms with Crippen LogP contribution in [0.3, 0.4) is 0 Å². The van der Waals surface area contributed by atoms with Crippen molar-refractivity contribution in [2.24, 2.45) is 5.16 Å². The third kappa shape index (κ3) is 3.52. The number of aryl methyl sites for hydroxylation is 2. The number of hydrogen-bond acceptors (Lipinski definition) is 4. The van der Waals surface area contributed by atoms with Crippen molar-refractivity contribution in [1.29, 1.82) is 0 Å².